The fourth-order valence-corrected chi connectivity index (χ4v) is 6.78. The van der Waals surface area contributed by atoms with Crippen molar-refractivity contribution >= 4 is 23.1 Å². The van der Waals surface area contributed by atoms with E-state index in [1.54, 1.807) is 13.0 Å². The van der Waals surface area contributed by atoms with E-state index in [0.29, 0.717) is 42.0 Å². The second kappa shape index (κ2) is 10.3. The number of carbonyl (C=O) groups excluding carboxylic acids is 1. The number of nitrogens with zero attached hydrogens (tertiary/aromatic N) is 3. The summed E-state index contributed by atoms with van der Waals surface area (Å²) >= 11 is 0. The van der Waals surface area contributed by atoms with E-state index < -0.39 is 6.43 Å². The molecule has 2 N–H and O–H groups in total. The molecule has 2 atom stereocenters. The number of rotatable bonds is 5. The third-order valence-electron chi connectivity index (χ3n) is 9.21. The predicted molar refractivity (Wildman–Crippen MR) is 159 cm³/mol. The lowest BCUT2D eigenvalue weighted by Crippen LogP contribution is -2.16. The number of carbonyl (C=O) groups is 1. The standard InChI is InChI=1S/C33H34F2N4O3/c1-7-18-14(2)21-13-26-29(33(34)35)16(4)23(37-26)11-22-15(3)19(8-9-28(41)42-6)31(38-22)20-10-27(40)30-17(5)24(39-32(20)30)12-25(18)36-21/h11-13,15,19,33,38,40H,7-10H2,1-6H3/t15-,19-/m0/s1. The van der Waals surface area contributed by atoms with Crippen molar-refractivity contribution in [2.24, 2.45) is 26.8 Å². The van der Waals surface area contributed by atoms with Gasteiger partial charge in [0.1, 0.15) is 5.76 Å². The molecule has 0 spiro atoms. The van der Waals surface area contributed by atoms with Gasteiger partial charge in [0.15, 0.2) is 0 Å². The third-order valence-corrected chi connectivity index (χ3v) is 9.21. The zero-order chi connectivity index (χ0) is 30.0. The van der Waals surface area contributed by atoms with Gasteiger partial charge in [-0.2, -0.15) is 0 Å². The monoisotopic (exact) mass is 572 g/mol. The lowest BCUT2D eigenvalue weighted by molar-refractivity contribution is -0.140. The Balaban J connectivity index is 1.60. The fourth-order valence-electron chi connectivity index (χ4n) is 6.78. The molecule has 1 aliphatic carbocycles. The third kappa shape index (κ3) is 4.28. The van der Waals surface area contributed by atoms with Gasteiger partial charge in [0.25, 0.3) is 6.43 Å². The number of aliphatic imine (C=N–C) groups is 3. The Hall–Kier alpha value is -4.14. The molecule has 0 unspecified atom stereocenters. The van der Waals surface area contributed by atoms with E-state index in [0.717, 1.165) is 50.7 Å². The van der Waals surface area contributed by atoms with Gasteiger partial charge in [0.2, 0.25) is 0 Å². The highest BCUT2D eigenvalue weighted by atomic mass is 19.3. The Morgan fingerprint density at radius 2 is 1.79 bits per heavy atom. The van der Waals surface area contributed by atoms with Crippen molar-refractivity contribution in [3.05, 3.63) is 91.5 Å². The summed E-state index contributed by atoms with van der Waals surface area (Å²) in [5, 5.41) is 14.7. The number of esters is 1. The summed E-state index contributed by atoms with van der Waals surface area (Å²) in [6.07, 6.45) is 4.48. The smallest absolute Gasteiger partial charge is 0.305 e. The van der Waals surface area contributed by atoms with Crippen molar-refractivity contribution in [3.8, 4) is 0 Å². The molecule has 0 aromatic rings. The maximum absolute atomic E-state index is 14.4. The quantitative estimate of drug-likeness (QED) is 0.351. The van der Waals surface area contributed by atoms with E-state index in [1.807, 2.05) is 32.9 Å². The number of halogens is 2. The molecule has 0 radical (unpaired) electrons. The molecule has 5 heterocycles. The molecule has 6 rings (SSSR count). The molecule has 5 aliphatic heterocycles. The SMILES string of the molecule is CCC1=C(C)C2=NC1=CC1=C(C)C3=C(O)CC(=C4NC(=CC5=NC(=C2)C(C(F)F)=C5C)[C@@H](C)[C@@H]4CCC(=O)OC)C3=N1. The molecule has 8 bridgehead atoms. The molecule has 1 fully saturated rings. The van der Waals surface area contributed by atoms with Gasteiger partial charge in [-0.1, -0.05) is 13.8 Å². The number of ether oxygens (including phenoxy) is 1. The molecular formula is C33H34F2N4O3. The number of aliphatic hydroxyl groups excluding tert-OH is 1. The topological polar surface area (TPSA) is 95.6 Å². The van der Waals surface area contributed by atoms with Gasteiger partial charge >= 0.3 is 5.97 Å². The first kappa shape index (κ1) is 28.0. The second-order valence-corrected chi connectivity index (χ2v) is 11.4. The first-order valence-electron chi connectivity index (χ1n) is 14.4. The van der Waals surface area contributed by atoms with Crippen molar-refractivity contribution in [2.45, 2.75) is 66.7 Å². The highest BCUT2D eigenvalue weighted by Gasteiger charge is 2.41. The molecule has 218 valence electrons. The Kier molecular flexibility index (Phi) is 6.86. The van der Waals surface area contributed by atoms with E-state index in [-0.39, 0.29) is 41.3 Å². The van der Waals surface area contributed by atoms with Crippen LogP contribution in [-0.4, -0.2) is 41.7 Å². The molecule has 0 saturated carbocycles. The van der Waals surface area contributed by atoms with E-state index in [1.165, 1.54) is 7.11 Å². The first-order chi connectivity index (χ1) is 20.0. The molecular weight excluding hydrogens is 538 g/mol. The molecule has 0 aromatic heterocycles. The van der Waals surface area contributed by atoms with Crippen molar-refractivity contribution in [3.63, 3.8) is 0 Å². The summed E-state index contributed by atoms with van der Waals surface area (Å²) in [5.41, 5.74) is 9.88. The van der Waals surface area contributed by atoms with Crippen LogP contribution in [0.5, 0.6) is 0 Å². The van der Waals surface area contributed by atoms with E-state index >= 15 is 0 Å². The minimum Gasteiger partial charge on any atom is -0.511 e. The van der Waals surface area contributed by atoms with Crippen LogP contribution in [0.15, 0.2) is 106 Å². The van der Waals surface area contributed by atoms with Crippen LogP contribution in [0.2, 0.25) is 0 Å². The Bertz CT molecular complexity index is 1690. The molecule has 42 heavy (non-hydrogen) atoms. The molecule has 9 heteroatoms. The van der Waals surface area contributed by atoms with Gasteiger partial charge in [-0.3, -0.25) is 4.79 Å². The Morgan fingerprint density at radius 1 is 1.07 bits per heavy atom. The highest BCUT2D eigenvalue weighted by Crippen LogP contribution is 2.46. The Morgan fingerprint density at radius 3 is 2.48 bits per heavy atom. The Labute approximate surface area is 244 Å². The number of hydrogen-bond donors (Lipinski definition) is 2. The lowest BCUT2D eigenvalue weighted by atomic mass is 9.86. The van der Waals surface area contributed by atoms with Crippen LogP contribution in [0.3, 0.4) is 0 Å². The van der Waals surface area contributed by atoms with E-state index in [2.05, 4.69) is 12.2 Å². The molecule has 6 aliphatic rings. The van der Waals surface area contributed by atoms with Gasteiger partial charge in [0, 0.05) is 52.8 Å². The number of allylic oxidation sites excluding steroid dienone is 12. The summed E-state index contributed by atoms with van der Waals surface area (Å²) in [5.74, 6) is -0.226. The van der Waals surface area contributed by atoms with Crippen LogP contribution in [-0.2, 0) is 9.53 Å². The molecule has 7 nitrogen and oxygen atoms in total. The van der Waals surface area contributed by atoms with Gasteiger partial charge in [0.05, 0.1) is 41.3 Å². The van der Waals surface area contributed by atoms with Gasteiger partial charge in [-0.25, -0.2) is 23.8 Å². The minimum absolute atomic E-state index is 0.0760. The maximum Gasteiger partial charge on any atom is 0.305 e. The lowest BCUT2D eigenvalue weighted by Gasteiger charge is -2.17. The van der Waals surface area contributed by atoms with Crippen LogP contribution in [0.1, 0.15) is 60.3 Å². The van der Waals surface area contributed by atoms with Gasteiger partial charge in [-0.05, 0) is 74.1 Å². The maximum atomic E-state index is 14.4. The summed E-state index contributed by atoms with van der Waals surface area (Å²) in [6.45, 7) is 9.67. The zero-order valence-electron chi connectivity index (χ0n) is 24.7. The normalized spacial score (nSPS) is 24.9. The highest BCUT2D eigenvalue weighted by molar-refractivity contribution is 6.21. The first-order valence-corrected chi connectivity index (χ1v) is 14.4. The van der Waals surface area contributed by atoms with Crippen molar-refractivity contribution in [2.75, 3.05) is 7.11 Å². The van der Waals surface area contributed by atoms with E-state index in [9.17, 15) is 18.7 Å². The predicted octanol–water partition coefficient (Wildman–Crippen LogP) is 6.88. The van der Waals surface area contributed by atoms with Crippen molar-refractivity contribution in [1.82, 2.24) is 5.32 Å². The van der Waals surface area contributed by atoms with Crippen LogP contribution >= 0.6 is 0 Å². The average Bonchev–Trinajstić information content (AvgIpc) is 3.70. The second-order valence-electron chi connectivity index (χ2n) is 11.4. The van der Waals surface area contributed by atoms with Crippen LogP contribution in [0.25, 0.3) is 0 Å². The number of alkyl halides is 2. The van der Waals surface area contributed by atoms with Crippen LogP contribution in [0.4, 0.5) is 8.78 Å². The number of aliphatic hydroxyl groups is 1. The summed E-state index contributed by atoms with van der Waals surface area (Å²) in [6, 6.07) is 0. The summed E-state index contributed by atoms with van der Waals surface area (Å²) in [7, 11) is 1.37. The number of hydrogen-bond acceptors (Lipinski definition) is 7. The van der Waals surface area contributed by atoms with Crippen LogP contribution < -0.4 is 5.32 Å². The molecule has 0 amide bonds. The van der Waals surface area contributed by atoms with E-state index in [4.69, 9.17) is 19.7 Å². The van der Waals surface area contributed by atoms with Gasteiger partial charge in [-0.15, -0.1) is 0 Å². The number of fused-ring (bicyclic) bond motifs is 5. The average molecular weight is 573 g/mol. The fraction of sp³-hybridized carbons (Fsp3) is 0.394. The minimum atomic E-state index is -2.70. The number of nitrogens with one attached hydrogen (secondary N) is 1. The van der Waals surface area contributed by atoms with Gasteiger partial charge < -0.3 is 15.2 Å². The van der Waals surface area contributed by atoms with Crippen LogP contribution in [0, 0.1) is 11.8 Å². The largest absolute Gasteiger partial charge is 0.511 e. The molecule has 0 aromatic carbocycles. The summed E-state index contributed by atoms with van der Waals surface area (Å²) < 4.78 is 33.8. The number of methoxy groups -OCH3 is 1. The zero-order valence-corrected chi connectivity index (χ0v) is 24.7. The van der Waals surface area contributed by atoms with Crippen molar-refractivity contribution < 1.29 is 23.4 Å². The molecule has 1 saturated heterocycles. The van der Waals surface area contributed by atoms with Crippen molar-refractivity contribution in [1.29, 1.82) is 0 Å². The summed E-state index contributed by atoms with van der Waals surface area (Å²) in [4.78, 5) is 26.7.